The van der Waals surface area contributed by atoms with E-state index in [1.54, 1.807) is 13.8 Å². The van der Waals surface area contributed by atoms with Crippen LogP contribution in [0.1, 0.15) is 13.8 Å². The van der Waals surface area contributed by atoms with Crippen LogP contribution in [-0.2, 0) is 4.79 Å². The molecule has 1 unspecified atom stereocenters. The van der Waals surface area contributed by atoms with E-state index in [1.165, 1.54) is 0 Å². The van der Waals surface area contributed by atoms with Gasteiger partial charge in [-0.3, -0.25) is 4.79 Å². The first-order valence-corrected chi connectivity index (χ1v) is 5.86. The summed E-state index contributed by atoms with van der Waals surface area (Å²) in [4.78, 5) is 11.6. The van der Waals surface area contributed by atoms with Gasteiger partial charge in [-0.25, -0.2) is 8.78 Å². The maximum Gasteiger partial charge on any atom is 0.237 e. The quantitative estimate of drug-likeness (QED) is 0.815. The fraction of sp³-hybridized carbons (Fsp3) is 0.364. The number of anilines is 1. The maximum absolute atomic E-state index is 13.4. The van der Waals surface area contributed by atoms with Gasteiger partial charge in [0, 0.05) is 6.07 Å². The zero-order chi connectivity index (χ0) is 13.2. The lowest BCUT2D eigenvalue weighted by Crippen LogP contribution is -2.28. The van der Waals surface area contributed by atoms with E-state index in [0.29, 0.717) is 6.07 Å². The van der Waals surface area contributed by atoms with Gasteiger partial charge in [0.05, 0.1) is 16.0 Å². The van der Waals surface area contributed by atoms with E-state index in [1.807, 2.05) is 0 Å². The molecule has 0 radical (unpaired) electrons. The van der Waals surface area contributed by atoms with Crippen molar-refractivity contribution in [1.82, 2.24) is 0 Å². The largest absolute Gasteiger partial charge is 0.321 e. The lowest BCUT2D eigenvalue weighted by atomic mass is 10.1. The molecule has 1 N–H and O–H groups in total. The molecule has 0 fully saturated rings. The van der Waals surface area contributed by atoms with E-state index in [9.17, 15) is 13.6 Å². The maximum atomic E-state index is 13.4. The molecule has 0 aliphatic carbocycles. The molecule has 17 heavy (non-hydrogen) atoms. The van der Waals surface area contributed by atoms with Crippen LogP contribution in [0.2, 0.25) is 5.02 Å². The molecular weight excluding hydrogens is 268 g/mol. The van der Waals surface area contributed by atoms with Gasteiger partial charge in [-0.15, -0.1) is 0 Å². The summed E-state index contributed by atoms with van der Waals surface area (Å²) < 4.78 is 26.2. The molecule has 0 heterocycles. The molecule has 0 saturated heterocycles. The number of carbonyl (C=O) groups is 1. The number of hydrogen-bond acceptors (Lipinski definition) is 2. The van der Waals surface area contributed by atoms with Crippen LogP contribution in [-0.4, -0.2) is 11.2 Å². The fourth-order valence-corrected chi connectivity index (χ4v) is 1.47. The van der Waals surface area contributed by atoms with Crippen molar-refractivity contribution in [3.63, 3.8) is 0 Å². The molecule has 1 amide bonds. The van der Waals surface area contributed by atoms with Crippen molar-refractivity contribution in [3.8, 4) is 0 Å². The fourth-order valence-electron chi connectivity index (χ4n) is 1.16. The molecule has 0 aliphatic heterocycles. The van der Waals surface area contributed by atoms with Gasteiger partial charge in [-0.2, -0.15) is 12.6 Å². The van der Waals surface area contributed by atoms with Crippen LogP contribution in [0.4, 0.5) is 14.5 Å². The molecule has 94 valence electrons. The Hall–Kier alpha value is -0.810. The molecular formula is C11H12ClF2NOS. The van der Waals surface area contributed by atoms with Gasteiger partial charge in [0.1, 0.15) is 5.82 Å². The Balaban J connectivity index is 2.93. The van der Waals surface area contributed by atoms with Crippen molar-refractivity contribution in [2.24, 2.45) is 5.92 Å². The van der Waals surface area contributed by atoms with Crippen LogP contribution in [0.25, 0.3) is 0 Å². The second-order valence-electron chi connectivity index (χ2n) is 3.92. The summed E-state index contributed by atoms with van der Waals surface area (Å²) in [7, 11) is 0. The van der Waals surface area contributed by atoms with E-state index in [2.05, 4.69) is 17.9 Å². The van der Waals surface area contributed by atoms with Crippen molar-refractivity contribution >= 4 is 35.8 Å². The van der Waals surface area contributed by atoms with Gasteiger partial charge in [-0.05, 0) is 12.0 Å². The van der Waals surface area contributed by atoms with Gasteiger partial charge in [-0.1, -0.05) is 25.4 Å². The van der Waals surface area contributed by atoms with Crippen molar-refractivity contribution in [2.45, 2.75) is 19.1 Å². The standard InChI is InChI=1S/C11H12ClF2NOS/c1-5(2)10(17)11(16)15-9-7(12)3-6(13)4-8(9)14/h3-5,10,17H,1-2H3,(H,15,16). The normalized spacial score (nSPS) is 12.6. The highest BCUT2D eigenvalue weighted by atomic mass is 35.5. The molecule has 2 nitrogen and oxygen atoms in total. The van der Waals surface area contributed by atoms with E-state index < -0.39 is 22.8 Å². The first-order valence-electron chi connectivity index (χ1n) is 4.96. The molecule has 1 rings (SSSR count). The number of nitrogens with one attached hydrogen (secondary N) is 1. The second kappa shape index (κ2) is 5.69. The Bertz CT molecular complexity index is 416. The highest BCUT2D eigenvalue weighted by molar-refractivity contribution is 7.81. The minimum absolute atomic E-state index is 0.0133. The van der Waals surface area contributed by atoms with Gasteiger partial charge in [0.25, 0.3) is 0 Å². The Morgan fingerprint density at radius 3 is 2.47 bits per heavy atom. The van der Waals surface area contributed by atoms with Crippen molar-refractivity contribution < 1.29 is 13.6 Å². The summed E-state index contributed by atoms with van der Waals surface area (Å²) in [6.45, 7) is 3.61. The molecule has 0 spiro atoms. The predicted octanol–water partition coefficient (Wildman–Crippen LogP) is 3.51. The van der Waals surface area contributed by atoms with Crippen LogP contribution in [0, 0.1) is 17.6 Å². The lowest BCUT2D eigenvalue weighted by molar-refractivity contribution is -0.116. The summed E-state index contributed by atoms with van der Waals surface area (Å²) in [6, 6.07) is 1.59. The Labute approximate surface area is 109 Å². The monoisotopic (exact) mass is 279 g/mol. The minimum Gasteiger partial charge on any atom is -0.321 e. The van der Waals surface area contributed by atoms with E-state index in [4.69, 9.17) is 11.6 Å². The Morgan fingerprint density at radius 2 is 2.00 bits per heavy atom. The molecule has 0 aliphatic rings. The molecule has 6 heteroatoms. The van der Waals surface area contributed by atoms with Gasteiger partial charge in [0.2, 0.25) is 5.91 Å². The molecule has 0 bridgehead atoms. The summed E-state index contributed by atoms with van der Waals surface area (Å²) in [5.74, 6) is -2.19. The lowest BCUT2D eigenvalue weighted by Gasteiger charge is -2.15. The first kappa shape index (κ1) is 14.3. The number of carbonyl (C=O) groups excluding carboxylic acids is 1. The average molecular weight is 280 g/mol. The van der Waals surface area contributed by atoms with Crippen LogP contribution in [0.3, 0.4) is 0 Å². The van der Waals surface area contributed by atoms with E-state index in [0.717, 1.165) is 6.07 Å². The molecule has 1 aromatic carbocycles. The zero-order valence-electron chi connectivity index (χ0n) is 9.30. The number of rotatable bonds is 3. The Morgan fingerprint density at radius 1 is 1.41 bits per heavy atom. The summed E-state index contributed by atoms with van der Waals surface area (Å²) in [6.07, 6.45) is 0. The SMILES string of the molecule is CC(C)C(S)C(=O)Nc1c(F)cc(F)cc1Cl. The average Bonchev–Trinajstić information content (AvgIpc) is 2.21. The third-order valence-corrected chi connectivity index (χ3v) is 3.28. The van der Waals surface area contributed by atoms with Crippen LogP contribution in [0.15, 0.2) is 12.1 Å². The highest BCUT2D eigenvalue weighted by Crippen LogP contribution is 2.27. The zero-order valence-corrected chi connectivity index (χ0v) is 10.9. The Kier molecular flexibility index (Phi) is 4.77. The minimum atomic E-state index is -0.910. The van der Waals surface area contributed by atoms with Gasteiger partial charge >= 0.3 is 0 Å². The summed E-state index contributed by atoms with van der Waals surface area (Å²) in [5, 5.41) is 1.53. The predicted molar refractivity (Wildman–Crippen MR) is 67.6 cm³/mol. The molecule has 0 aromatic heterocycles. The molecule has 1 atom stereocenters. The first-order chi connectivity index (χ1) is 7.82. The van der Waals surface area contributed by atoms with E-state index in [-0.39, 0.29) is 16.6 Å². The van der Waals surface area contributed by atoms with Crippen molar-refractivity contribution in [1.29, 1.82) is 0 Å². The summed E-state index contributed by atoms with van der Waals surface area (Å²) in [5.41, 5.74) is -0.224. The second-order valence-corrected chi connectivity index (χ2v) is 4.89. The van der Waals surface area contributed by atoms with Crippen molar-refractivity contribution in [2.75, 3.05) is 5.32 Å². The number of benzene rings is 1. The third-order valence-electron chi connectivity index (χ3n) is 2.16. The highest BCUT2D eigenvalue weighted by Gasteiger charge is 2.20. The van der Waals surface area contributed by atoms with Crippen LogP contribution >= 0.6 is 24.2 Å². The van der Waals surface area contributed by atoms with Gasteiger partial charge < -0.3 is 5.32 Å². The van der Waals surface area contributed by atoms with Gasteiger partial charge in [0.15, 0.2) is 5.82 Å². The third kappa shape index (κ3) is 3.57. The number of amides is 1. The number of halogens is 3. The van der Waals surface area contributed by atoms with Crippen LogP contribution < -0.4 is 5.32 Å². The van der Waals surface area contributed by atoms with Crippen LogP contribution in [0.5, 0.6) is 0 Å². The summed E-state index contributed by atoms with van der Waals surface area (Å²) >= 11 is 9.73. The smallest absolute Gasteiger partial charge is 0.237 e. The van der Waals surface area contributed by atoms with Crippen molar-refractivity contribution in [3.05, 3.63) is 28.8 Å². The number of hydrogen-bond donors (Lipinski definition) is 2. The number of thiol groups is 1. The topological polar surface area (TPSA) is 29.1 Å². The molecule has 1 aromatic rings. The molecule has 0 saturated carbocycles. The van der Waals surface area contributed by atoms with E-state index >= 15 is 0 Å².